The lowest BCUT2D eigenvalue weighted by Crippen LogP contribution is -2.04. The van der Waals surface area contributed by atoms with E-state index in [-0.39, 0.29) is 4.74 Å². The van der Waals surface area contributed by atoms with E-state index in [1.165, 1.54) is 11.8 Å². The van der Waals surface area contributed by atoms with Crippen molar-refractivity contribution in [3.8, 4) is 5.69 Å². The number of para-hydroxylation sites is 1. The first-order valence-corrected chi connectivity index (χ1v) is 7.42. The zero-order valence-electron chi connectivity index (χ0n) is 10.4. The highest BCUT2D eigenvalue weighted by Gasteiger charge is 2.13. The predicted molar refractivity (Wildman–Crippen MR) is 76.4 cm³/mol. The molecule has 20 heavy (non-hydrogen) atoms. The van der Waals surface area contributed by atoms with E-state index in [1.54, 1.807) is 10.1 Å². The van der Waals surface area contributed by atoms with Crippen LogP contribution in [0.3, 0.4) is 0 Å². The second kappa shape index (κ2) is 5.51. The molecule has 0 aliphatic carbocycles. The molecular formula is C12H9N5OS2. The fourth-order valence-electron chi connectivity index (χ4n) is 1.55. The minimum absolute atomic E-state index is 0.0942. The summed E-state index contributed by atoms with van der Waals surface area (Å²) in [6.45, 7) is 1.85. The predicted octanol–water partition coefficient (Wildman–Crippen LogP) is 1.94. The summed E-state index contributed by atoms with van der Waals surface area (Å²) in [5, 5.41) is 14.2. The number of rotatable bonds is 3. The molecular weight excluding hydrogens is 294 g/mol. The van der Waals surface area contributed by atoms with Gasteiger partial charge < -0.3 is 0 Å². The number of hydrogen-bond acceptors (Lipinski definition) is 7. The van der Waals surface area contributed by atoms with Crippen molar-refractivity contribution in [2.45, 2.75) is 17.1 Å². The summed E-state index contributed by atoms with van der Waals surface area (Å²) in [5.41, 5.74) is 1.64. The quantitative estimate of drug-likeness (QED) is 0.736. The highest BCUT2D eigenvalue weighted by molar-refractivity contribution is 7.99. The van der Waals surface area contributed by atoms with Crippen LogP contribution in [-0.4, -0.2) is 25.2 Å². The summed E-state index contributed by atoms with van der Waals surface area (Å²) in [6.07, 6.45) is 0. The van der Waals surface area contributed by atoms with Gasteiger partial charge in [0.1, 0.15) is 0 Å². The normalized spacial score (nSPS) is 10.7. The van der Waals surface area contributed by atoms with Crippen LogP contribution in [0.4, 0.5) is 0 Å². The number of nitrogens with zero attached hydrogens (tertiary/aromatic N) is 5. The molecule has 0 saturated carbocycles. The molecule has 0 fully saturated rings. The van der Waals surface area contributed by atoms with Gasteiger partial charge in [0.2, 0.25) is 5.16 Å². The molecule has 0 N–H and O–H groups in total. The average Bonchev–Trinajstić information content (AvgIpc) is 2.92. The molecule has 0 aliphatic rings. The van der Waals surface area contributed by atoms with Gasteiger partial charge in [-0.25, -0.2) is 4.98 Å². The van der Waals surface area contributed by atoms with Crippen molar-refractivity contribution < 1.29 is 0 Å². The molecule has 0 amide bonds. The van der Waals surface area contributed by atoms with Crippen molar-refractivity contribution >= 4 is 23.1 Å². The fourth-order valence-corrected chi connectivity index (χ4v) is 3.04. The summed E-state index contributed by atoms with van der Waals surface area (Å²) >= 11 is 2.30. The highest BCUT2D eigenvalue weighted by atomic mass is 32.2. The van der Waals surface area contributed by atoms with Crippen LogP contribution in [0.5, 0.6) is 0 Å². The number of hydrogen-bond donors (Lipinski definition) is 0. The Kier molecular flexibility index (Phi) is 3.57. The van der Waals surface area contributed by atoms with Gasteiger partial charge in [-0.05, 0) is 41.2 Å². The summed E-state index contributed by atoms with van der Waals surface area (Å²) in [7, 11) is 0. The van der Waals surface area contributed by atoms with Crippen LogP contribution < -0.4 is 4.74 Å². The third kappa shape index (κ3) is 2.61. The molecule has 3 aromatic rings. The third-order valence-electron chi connectivity index (χ3n) is 2.42. The summed E-state index contributed by atoms with van der Waals surface area (Å²) in [4.78, 5) is 16.0. The van der Waals surface area contributed by atoms with Gasteiger partial charge in [-0.3, -0.25) is 4.79 Å². The highest BCUT2D eigenvalue weighted by Crippen LogP contribution is 2.23. The van der Waals surface area contributed by atoms with Crippen LogP contribution in [0.25, 0.3) is 5.69 Å². The molecule has 0 atom stereocenters. The van der Waals surface area contributed by atoms with E-state index < -0.39 is 0 Å². The zero-order chi connectivity index (χ0) is 13.9. The largest absolute Gasteiger partial charge is 0.275 e. The molecule has 0 radical (unpaired) electrons. The van der Waals surface area contributed by atoms with Gasteiger partial charge in [0, 0.05) is 11.1 Å². The molecule has 8 heteroatoms. The molecule has 100 valence electrons. The van der Waals surface area contributed by atoms with Crippen molar-refractivity contribution in [3.63, 3.8) is 0 Å². The Balaban J connectivity index is 1.99. The van der Waals surface area contributed by atoms with Crippen LogP contribution in [0, 0.1) is 6.92 Å². The van der Waals surface area contributed by atoms with Crippen LogP contribution in [0.15, 0.2) is 50.7 Å². The molecule has 0 unspecified atom stereocenters. The smallest absolute Gasteiger partial charge is 0.265 e. The van der Waals surface area contributed by atoms with Gasteiger partial charge in [0.15, 0.2) is 5.03 Å². The lowest BCUT2D eigenvalue weighted by Gasteiger charge is -2.03. The van der Waals surface area contributed by atoms with Crippen LogP contribution in [0.1, 0.15) is 5.69 Å². The fraction of sp³-hybridized carbons (Fsp3) is 0.0833. The number of benzene rings is 1. The summed E-state index contributed by atoms with van der Waals surface area (Å²) < 4.78 is 1.49. The molecule has 0 aliphatic heterocycles. The first kappa shape index (κ1) is 12.9. The monoisotopic (exact) mass is 303 g/mol. The molecule has 0 saturated heterocycles. The molecule has 2 heterocycles. The molecule has 0 bridgehead atoms. The Morgan fingerprint density at radius 2 is 2.05 bits per heavy atom. The maximum absolute atomic E-state index is 11.8. The van der Waals surface area contributed by atoms with Crippen molar-refractivity contribution in [2.75, 3.05) is 0 Å². The Hall–Kier alpha value is -2.06. The first-order chi connectivity index (χ1) is 9.74. The van der Waals surface area contributed by atoms with E-state index >= 15 is 0 Å². The van der Waals surface area contributed by atoms with Crippen molar-refractivity contribution in [1.82, 2.24) is 25.2 Å². The van der Waals surface area contributed by atoms with Gasteiger partial charge in [0.25, 0.3) is 4.74 Å². The maximum Gasteiger partial charge on any atom is 0.265 e. The van der Waals surface area contributed by atoms with E-state index in [2.05, 4.69) is 20.5 Å². The lowest BCUT2D eigenvalue weighted by molar-refractivity contribution is 0.756. The Labute approximate surface area is 122 Å². The lowest BCUT2D eigenvalue weighted by atomic mass is 10.3. The van der Waals surface area contributed by atoms with Gasteiger partial charge in [-0.1, -0.05) is 29.5 Å². The molecule has 1 aromatic carbocycles. The van der Waals surface area contributed by atoms with E-state index in [4.69, 9.17) is 0 Å². The van der Waals surface area contributed by atoms with Gasteiger partial charge in [-0.15, -0.1) is 5.10 Å². The molecule has 2 aromatic heterocycles. The van der Waals surface area contributed by atoms with E-state index in [0.29, 0.717) is 10.2 Å². The van der Waals surface area contributed by atoms with Crippen LogP contribution in [-0.2, 0) is 0 Å². The Morgan fingerprint density at radius 3 is 2.85 bits per heavy atom. The molecule has 0 spiro atoms. The van der Waals surface area contributed by atoms with Crippen molar-refractivity contribution in [1.29, 1.82) is 0 Å². The number of aryl methyl sites for hydroxylation is 1. The van der Waals surface area contributed by atoms with Gasteiger partial charge in [-0.2, -0.15) is 4.68 Å². The molecule has 6 nitrogen and oxygen atoms in total. The minimum atomic E-state index is -0.0942. The number of tetrazole rings is 1. The standard InChI is InChI=1S/C12H9N5OS2/c1-8-7-19-11(18)10(13-8)20-12-14-15-16-17(12)9-5-3-2-4-6-9/h2-7H,1H3. The van der Waals surface area contributed by atoms with E-state index in [9.17, 15) is 4.79 Å². The number of aromatic nitrogens is 5. The summed E-state index contributed by atoms with van der Waals surface area (Å²) in [6, 6.07) is 9.50. The molecule has 3 rings (SSSR count). The second-order valence-electron chi connectivity index (χ2n) is 3.89. The Bertz CT molecular complexity index is 784. The van der Waals surface area contributed by atoms with Crippen LogP contribution >= 0.6 is 23.1 Å². The van der Waals surface area contributed by atoms with E-state index in [1.807, 2.05) is 37.3 Å². The van der Waals surface area contributed by atoms with Crippen molar-refractivity contribution in [2.24, 2.45) is 0 Å². The van der Waals surface area contributed by atoms with E-state index in [0.717, 1.165) is 22.7 Å². The van der Waals surface area contributed by atoms with Gasteiger partial charge in [0.05, 0.1) is 5.69 Å². The SMILES string of the molecule is Cc1csc(=O)c(Sc2nnnn2-c2ccccc2)n1. The zero-order valence-corrected chi connectivity index (χ0v) is 12.1. The van der Waals surface area contributed by atoms with Crippen LogP contribution in [0.2, 0.25) is 0 Å². The first-order valence-electron chi connectivity index (χ1n) is 5.72. The minimum Gasteiger partial charge on any atom is -0.275 e. The van der Waals surface area contributed by atoms with Gasteiger partial charge >= 0.3 is 0 Å². The third-order valence-corrected chi connectivity index (χ3v) is 4.32. The second-order valence-corrected chi connectivity index (χ2v) is 5.69. The Morgan fingerprint density at radius 1 is 1.25 bits per heavy atom. The van der Waals surface area contributed by atoms with Crippen molar-refractivity contribution in [3.05, 3.63) is 50.9 Å². The average molecular weight is 303 g/mol. The maximum atomic E-state index is 11.8. The summed E-state index contributed by atoms with van der Waals surface area (Å²) in [5.74, 6) is 0. The topological polar surface area (TPSA) is 73.6 Å².